The van der Waals surface area contributed by atoms with Gasteiger partial charge in [0.25, 0.3) is 0 Å². The molecule has 6 N–H and O–H groups in total. The molecule has 0 radical (unpaired) electrons. The third-order valence-electron chi connectivity index (χ3n) is 2.31. The highest BCUT2D eigenvalue weighted by molar-refractivity contribution is 5.82. The lowest BCUT2D eigenvalue weighted by molar-refractivity contribution is -0.138. The molecule has 0 heterocycles. The van der Waals surface area contributed by atoms with Gasteiger partial charge in [0.15, 0.2) is 0 Å². The fourth-order valence-electron chi connectivity index (χ4n) is 1.28. The monoisotopic (exact) mass is 215 g/mol. The van der Waals surface area contributed by atoms with Crippen LogP contribution in [-0.2, 0) is 4.79 Å². The Morgan fingerprint density at radius 3 is 2.40 bits per heavy atom. The van der Waals surface area contributed by atoms with E-state index in [1.165, 1.54) is 0 Å². The molecule has 0 saturated carbocycles. The molecule has 0 aromatic heterocycles. The van der Waals surface area contributed by atoms with E-state index in [9.17, 15) is 4.79 Å². The van der Waals surface area contributed by atoms with Gasteiger partial charge in [-0.2, -0.15) is 0 Å². The maximum absolute atomic E-state index is 10.4. The molecule has 0 spiro atoms. The molecule has 0 aliphatic heterocycles. The van der Waals surface area contributed by atoms with Crippen molar-refractivity contribution in [1.82, 2.24) is 0 Å². The third kappa shape index (κ3) is 8.08. The zero-order chi connectivity index (χ0) is 11.7. The van der Waals surface area contributed by atoms with Crippen molar-refractivity contribution in [3.8, 4) is 0 Å². The lowest BCUT2D eigenvalue weighted by Crippen LogP contribution is -2.29. The average Bonchev–Trinajstić information content (AvgIpc) is 2.22. The standard InChI is InChI=1S/C10H21N3O2/c11-7-8(12)5-3-1-2-4-6-9(13)10(14)15/h9,12H,1-7,11,13H2,(H,14,15). The van der Waals surface area contributed by atoms with Crippen molar-refractivity contribution in [2.45, 2.75) is 44.6 Å². The first-order valence-corrected chi connectivity index (χ1v) is 5.32. The third-order valence-corrected chi connectivity index (χ3v) is 2.31. The van der Waals surface area contributed by atoms with Crippen LogP contribution in [0.1, 0.15) is 38.5 Å². The SMILES string of the molecule is N=C(CN)CCCCCCC(N)C(=O)O. The highest BCUT2D eigenvalue weighted by atomic mass is 16.4. The summed E-state index contributed by atoms with van der Waals surface area (Å²) >= 11 is 0. The van der Waals surface area contributed by atoms with Gasteiger partial charge in [0, 0.05) is 12.3 Å². The number of nitrogens with one attached hydrogen (secondary N) is 1. The molecule has 0 amide bonds. The van der Waals surface area contributed by atoms with Crippen molar-refractivity contribution in [1.29, 1.82) is 5.41 Å². The predicted molar refractivity (Wildman–Crippen MR) is 60.1 cm³/mol. The molecule has 0 aliphatic rings. The number of unbranched alkanes of at least 4 members (excludes halogenated alkanes) is 3. The lowest BCUT2D eigenvalue weighted by Gasteiger charge is -2.05. The summed E-state index contributed by atoms with van der Waals surface area (Å²) in [4.78, 5) is 10.4. The van der Waals surface area contributed by atoms with Crippen molar-refractivity contribution in [3.63, 3.8) is 0 Å². The fourth-order valence-corrected chi connectivity index (χ4v) is 1.28. The number of carboxylic acids is 1. The average molecular weight is 215 g/mol. The Balaban J connectivity index is 3.25. The Morgan fingerprint density at radius 2 is 1.87 bits per heavy atom. The summed E-state index contributed by atoms with van der Waals surface area (Å²) in [6, 6.07) is -0.729. The highest BCUT2D eigenvalue weighted by Crippen LogP contribution is 2.07. The Morgan fingerprint density at radius 1 is 1.27 bits per heavy atom. The van der Waals surface area contributed by atoms with E-state index in [0.29, 0.717) is 18.7 Å². The Hall–Kier alpha value is -0.940. The number of rotatable bonds is 9. The van der Waals surface area contributed by atoms with Crippen LogP contribution in [0, 0.1) is 5.41 Å². The van der Waals surface area contributed by atoms with Gasteiger partial charge < -0.3 is 22.0 Å². The number of hydrogen-bond donors (Lipinski definition) is 4. The van der Waals surface area contributed by atoms with Gasteiger partial charge in [-0.15, -0.1) is 0 Å². The van der Waals surface area contributed by atoms with Crippen LogP contribution in [0.2, 0.25) is 0 Å². The van der Waals surface area contributed by atoms with Crippen molar-refractivity contribution in [3.05, 3.63) is 0 Å². The Kier molecular flexibility index (Phi) is 7.85. The molecular formula is C10H21N3O2. The van der Waals surface area contributed by atoms with E-state index >= 15 is 0 Å². The van der Waals surface area contributed by atoms with Gasteiger partial charge in [0.1, 0.15) is 6.04 Å². The number of carboxylic acid groups (broad SMARTS) is 1. The van der Waals surface area contributed by atoms with Crippen LogP contribution in [0.25, 0.3) is 0 Å². The van der Waals surface area contributed by atoms with E-state index in [1.807, 2.05) is 0 Å². The quantitative estimate of drug-likeness (QED) is 0.335. The number of aliphatic carboxylic acids is 1. The molecule has 0 bridgehead atoms. The molecule has 5 heteroatoms. The lowest BCUT2D eigenvalue weighted by atomic mass is 10.1. The predicted octanol–water partition coefficient (Wildman–Crippen LogP) is 0.717. The minimum atomic E-state index is -0.931. The van der Waals surface area contributed by atoms with E-state index in [-0.39, 0.29) is 0 Å². The second-order valence-electron chi connectivity index (χ2n) is 3.71. The molecule has 0 aliphatic carbocycles. The van der Waals surface area contributed by atoms with Crippen molar-refractivity contribution >= 4 is 11.7 Å². The summed E-state index contributed by atoms with van der Waals surface area (Å²) in [6.07, 6.45) is 5.06. The van der Waals surface area contributed by atoms with E-state index in [2.05, 4.69) is 0 Å². The fraction of sp³-hybridized carbons (Fsp3) is 0.800. The van der Waals surface area contributed by atoms with Gasteiger partial charge in [0.2, 0.25) is 0 Å². The Bertz CT molecular complexity index is 207. The van der Waals surface area contributed by atoms with Gasteiger partial charge in [-0.3, -0.25) is 4.79 Å². The van der Waals surface area contributed by atoms with Crippen LogP contribution in [-0.4, -0.2) is 29.4 Å². The van der Waals surface area contributed by atoms with Crippen molar-refractivity contribution < 1.29 is 9.90 Å². The van der Waals surface area contributed by atoms with E-state index < -0.39 is 12.0 Å². The molecule has 0 aromatic rings. The zero-order valence-electron chi connectivity index (χ0n) is 9.04. The molecule has 5 nitrogen and oxygen atoms in total. The van der Waals surface area contributed by atoms with Crippen LogP contribution in [0.15, 0.2) is 0 Å². The number of carbonyl (C=O) groups is 1. The van der Waals surface area contributed by atoms with Crippen LogP contribution in [0.3, 0.4) is 0 Å². The molecule has 1 unspecified atom stereocenters. The Labute approximate surface area is 90.3 Å². The summed E-state index contributed by atoms with van der Waals surface area (Å²) in [6.45, 7) is 0.337. The van der Waals surface area contributed by atoms with Crippen LogP contribution >= 0.6 is 0 Å². The minimum absolute atomic E-state index is 0.337. The van der Waals surface area contributed by atoms with E-state index in [4.69, 9.17) is 22.0 Å². The molecular weight excluding hydrogens is 194 g/mol. The normalized spacial score (nSPS) is 12.4. The molecule has 0 aromatic carbocycles. The second kappa shape index (κ2) is 8.38. The summed E-state index contributed by atoms with van der Waals surface area (Å²) in [5.74, 6) is -0.931. The first-order chi connectivity index (χ1) is 7.07. The largest absolute Gasteiger partial charge is 0.480 e. The van der Waals surface area contributed by atoms with E-state index in [0.717, 1.165) is 32.1 Å². The van der Waals surface area contributed by atoms with Crippen LogP contribution in [0.4, 0.5) is 0 Å². The maximum atomic E-state index is 10.4. The maximum Gasteiger partial charge on any atom is 0.320 e. The van der Waals surface area contributed by atoms with Crippen LogP contribution in [0.5, 0.6) is 0 Å². The number of nitrogens with two attached hydrogens (primary N) is 2. The van der Waals surface area contributed by atoms with Crippen molar-refractivity contribution in [2.24, 2.45) is 11.5 Å². The van der Waals surface area contributed by atoms with Gasteiger partial charge in [-0.1, -0.05) is 19.3 Å². The second-order valence-corrected chi connectivity index (χ2v) is 3.71. The molecule has 0 rings (SSSR count). The number of hydrogen-bond acceptors (Lipinski definition) is 4. The summed E-state index contributed by atoms with van der Waals surface area (Å²) in [5, 5.41) is 15.8. The minimum Gasteiger partial charge on any atom is -0.480 e. The first-order valence-electron chi connectivity index (χ1n) is 5.32. The van der Waals surface area contributed by atoms with E-state index in [1.54, 1.807) is 0 Å². The summed E-state index contributed by atoms with van der Waals surface area (Å²) in [5.41, 5.74) is 11.2. The zero-order valence-corrected chi connectivity index (χ0v) is 9.04. The molecule has 0 saturated heterocycles. The molecule has 15 heavy (non-hydrogen) atoms. The van der Waals surface area contributed by atoms with Gasteiger partial charge in [-0.25, -0.2) is 0 Å². The van der Waals surface area contributed by atoms with Gasteiger partial charge in [-0.05, 0) is 19.3 Å². The van der Waals surface area contributed by atoms with Gasteiger partial charge >= 0.3 is 5.97 Å². The molecule has 88 valence electrons. The first kappa shape index (κ1) is 14.1. The smallest absolute Gasteiger partial charge is 0.320 e. The molecule has 0 fully saturated rings. The van der Waals surface area contributed by atoms with Crippen molar-refractivity contribution in [2.75, 3.05) is 6.54 Å². The van der Waals surface area contributed by atoms with Crippen LogP contribution < -0.4 is 11.5 Å². The van der Waals surface area contributed by atoms with Gasteiger partial charge in [0.05, 0.1) is 0 Å². The molecule has 1 atom stereocenters. The summed E-state index contributed by atoms with van der Waals surface area (Å²) < 4.78 is 0. The topological polar surface area (TPSA) is 113 Å². The summed E-state index contributed by atoms with van der Waals surface area (Å²) in [7, 11) is 0. The highest BCUT2D eigenvalue weighted by Gasteiger charge is 2.09.